The Hall–Kier alpha value is -3.03. The minimum absolute atomic E-state index is 0.227. The number of hydrazone groups is 1. The fourth-order valence-corrected chi connectivity index (χ4v) is 1.43. The van der Waals surface area contributed by atoms with Crippen LogP contribution < -0.4 is 10.7 Å². The molecule has 0 aromatic heterocycles. The summed E-state index contributed by atoms with van der Waals surface area (Å²) in [5.41, 5.74) is 0.268. The minimum atomic E-state index is -4.68. The predicted molar refractivity (Wildman–Crippen MR) is 95.2 cm³/mol. The third-order valence-corrected chi connectivity index (χ3v) is 2.90. The molecule has 8 heteroatoms. The first-order valence-electron chi connectivity index (χ1n) is 7.61. The number of rotatable bonds is 2. The Balaban J connectivity index is 2.88. The smallest absolute Gasteiger partial charge is 0.427 e. The van der Waals surface area contributed by atoms with E-state index in [2.05, 4.69) is 20.6 Å². The maximum atomic E-state index is 12.8. The van der Waals surface area contributed by atoms with E-state index in [9.17, 15) is 18.0 Å². The first kappa shape index (κ1) is 21.0. The van der Waals surface area contributed by atoms with Crippen molar-refractivity contribution in [3.05, 3.63) is 72.7 Å². The van der Waals surface area contributed by atoms with Gasteiger partial charge in [0.2, 0.25) is 5.60 Å². The van der Waals surface area contributed by atoms with Crippen LogP contribution in [0, 0.1) is 0 Å². The van der Waals surface area contributed by atoms with Gasteiger partial charge in [0, 0.05) is 18.1 Å². The molecule has 0 unspecified atom stereocenters. The number of halogens is 3. The van der Waals surface area contributed by atoms with Crippen molar-refractivity contribution >= 4 is 12.3 Å². The van der Waals surface area contributed by atoms with Gasteiger partial charge in [-0.1, -0.05) is 36.5 Å². The van der Waals surface area contributed by atoms with Gasteiger partial charge in [-0.2, -0.15) is 18.3 Å². The molecule has 140 valence electrons. The predicted octanol–water partition coefficient (Wildman–Crippen LogP) is 4.26. The van der Waals surface area contributed by atoms with Crippen LogP contribution in [0.3, 0.4) is 0 Å². The Morgan fingerprint density at radius 2 is 1.65 bits per heavy atom. The van der Waals surface area contributed by atoms with Gasteiger partial charge in [0.05, 0.1) is 0 Å². The molecule has 0 fully saturated rings. The van der Waals surface area contributed by atoms with Crippen LogP contribution in [0.25, 0.3) is 0 Å². The van der Waals surface area contributed by atoms with Crippen molar-refractivity contribution in [2.24, 2.45) is 5.10 Å². The highest BCUT2D eigenvalue weighted by atomic mass is 19.4. The average molecular weight is 367 g/mol. The van der Waals surface area contributed by atoms with Gasteiger partial charge in [-0.15, -0.1) is 0 Å². The van der Waals surface area contributed by atoms with Crippen LogP contribution in [0.1, 0.15) is 13.8 Å². The summed E-state index contributed by atoms with van der Waals surface area (Å²) in [6, 6.07) is 0. The van der Waals surface area contributed by atoms with Crippen molar-refractivity contribution < 1.29 is 22.7 Å². The number of nitrogens with one attached hydrogen (secondary N) is 2. The summed E-state index contributed by atoms with van der Waals surface area (Å²) in [5.74, 6) is 0. The molecule has 0 radical (unpaired) electrons. The number of alkyl halides is 3. The van der Waals surface area contributed by atoms with Gasteiger partial charge in [-0.25, -0.2) is 4.79 Å². The fraction of sp³-hybridized carbons (Fsp3) is 0.222. The Kier molecular flexibility index (Phi) is 8.14. The standard InChI is InChI=1S/C18H20F3N3O2/c1-17(2,18(19,20)21)26-16(25)24-15-11-8-6-4-3-5-7-9-13-22-23-14-10-12-15/h3-14,22H,1-2H3,(H,24,25). The molecule has 0 aliphatic carbocycles. The third-order valence-electron chi connectivity index (χ3n) is 2.90. The normalized spacial score (nSPS) is 15.7. The van der Waals surface area contributed by atoms with Crippen LogP contribution in [-0.2, 0) is 4.74 Å². The first-order chi connectivity index (χ1) is 12.2. The second-order valence-electron chi connectivity index (χ2n) is 5.42. The topological polar surface area (TPSA) is 62.7 Å². The third kappa shape index (κ3) is 8.18. The number of hydrogen-bond acceptors (Lipinski definition) is 4. The molecule has 0 aromatic rings. The van der Waals surface area contributed by atoms with Gasteiger partial charge in [0.1, 0.15) is 0 Å². The van der Waals surface area contributed by atoms with Crippen LogP contribution in [-0.4, -0.2) is 24.1 Å². The van der Waals surface area contributed by atoms with E-state index in [1.165, 1.54) is 24.4 Å². The van der Waals surface area contributed by atoms with Crippen LogP contribution >= 0.6 is 0 Å². The van der Waals surface area contributed by atoms with Crippen LogP contribution in [0.4, 0.5) is 18.0 Å². The van der Waals surface area contributed by atoms with Gasteiger partial charge in [-0.05, 0) is 38.2 Å². The molecule has 0 aromatic carbocycles. The molecule has 1 heterocycles. The van der Waals surface area contributed by atoms with Crippen molar-refractivity contribution in [1.29, 1.82) is 0 Å². The van der Waals surface area contributed by atoms with Crippen molar-refractivity contribution in [1.82, 2.24) is 10.7 Å². The van der Waals surface area contributed by atoms with Gasteiger partial charge in [0.25, 0.3) is 0 Å². The van der Waals surface area contributed by atoms with E-state index in [0.29, 0.717) is 0 Å². The second-order valence-corrected chi connectivity index (χ2v) is 5.42. The molecule has 26 heavy (non-hydrogen) atoms. The Labute approximate surface area is 150 Å². The highest BCUT2D eigenvalue weighted by Crippen LogP contribution is 2.32. The average Bonchev–Trinajstić information content (AvgIpc) is 2.53. The summed E-state index contributed by atoms with van der Waals surface area (Å²) in [4.78, 5) is 11.8. The quantitative estimate of drug-likeness (QED) is 0.766. The zero-order chi connectivity index (χ0) is 19.5. The molecule has 1 aliphatic heterocycles. The largest absolute Gasteiger partial charge is 0.434 e. The van der Waals surface area contributed by atoms with Crippen molar-refractivity contribution in [3.8, 4) is 0 Å². The number of amides is 1. The van der Waals surface area contributed by atoms with Crippen LogP contribution in [0.2, 0.25) is 0 Å². The van der Waals surface area contributed by atoms with Crippen LogP contribution in [0.5, 0.6) is 0 Å². The molecule has 1 amide bonds. The molecule has 0 spiro atoms. The molecule has 2 N–H and O–H groups in total. The van der Waals surface area contributed by atoms with Gasteiger partial charge >= 0.3 is 12.3 Å². The van der Waals surface area contributed by atoms with E-state index >= 15 is 0 Å². The van der Waals surface area contributed by atoms with Gasteiger partial charge in [-0.3, -0.25) is 10.7 Å². The lowest BCUT2D eigenvalue weighted by Gasteiger charge is -2.27. The Bertz CT molecular complexity index is 682. The van der Waals surface area contributed by atoms with E-state index in [-0.39, 0.29) is 5.70 Å². The van der Waals surface area contributed by atoms with E-state index in [4.69, 9.17) is 0 Å². The molecular weight excluding hydrogens is 347 g/mol. The summed E-state index contributed by atoms with van der Waals surface area (Å²) in [6.07, 6.45) is 13.8. The lowest BCUT2D eigenvalue weighted by atomic mass is 10.1. The number of carbonyl (C=O) groups is 1. The number of alkyl carbamates (subject to hydrolysis) is 1. The van der Waals surface area contributed by atoms with Gasteiger partial charge in [0.15, 0.2) is 0 Å². The number of hydrogen-bond donors (Lipinski definition) is 2. The van der Waals surface area contributed by atoms with E-state index < -0.39 is 17.9 Å². The minimum Gasteiger partial charge on any atom is -0.434 e. The second kappa shape index (κ2) is 10.1. The lowest BCUT2D eigenvalue weighted by molar-refractivity contribution is -0.243. The Morgan fingerprint density at radius 3 is 2.31 bits per heavy atom. The summed E-state index contributed by atoms with van der Waals surface area (Å²) in [6.45, 7) is 1.55. The maximum absolute atomic E-state index is 12.8. The highest BCUT2D eigenvalue weighted by Gasteiger charge is 2.50. The molecule has 0 saturated carbocycles. The molecule has 5 nitrogen and oxygen atoms in total. The summed E-state index contributed by atoms with van der Waals surface area (Å²) >= 11 is 0. The number of carbonyl (C=O) groups excluding carboxylic acids is 1. The highest BCUT2D eigenvalue weighted by molar-refractivity contribution is 5.74. The molecule has 0 saturated heterocycles. The number of allylic oxidation sites excluding steroid dienone is 10. The molecule has 1 rings (SSSR count). The SMILES string of the molecule is CC(C)(OC(=O)NC1=CC=CC=CC=CC=CNN=CC=C1)C(F)(F)F. The Morgan fingerprint density at radius 1 is 1.04 bits per heavy atom. The van der Waals surface area contributed by atoms with Crippen molar-refractivity contribution in [2.75, 3.05) is 0 Å². The van der Waals surface area contributed by atoms with Crippen molar-refractivity contribution in [2.45, 2.75) is 25.6 Å². The fourth-order valence-electron chi connectivity index (χ4n) is 1.43. The molecule has 1 aliphatic rings. The van der Waals surface area contributed by atoms with E-state index in [1.54, 1.807) is 48.7 Å². The summed E-state index contributed by atoms with van der Waals surface area (Å²) < 4.78 is 42.9. The van der Waals surface area contributed by atoms with Crippen molar-refractivity contribution in [3.63, 3.8) is 0 Å². The zero-order valence-electron chi connectivity index (χ0n) is 14.3. The maximum Gasteiger partial charge on any atom is 0.427 e. The molecule has 0 atom stereocenters. The van der Waals surface area contributed by atoms with Crippen LogP contribution in [0.15, 0.2) is 77.8 Å². The van der Waals surface area contributed by atoms with Gasteiger partial charge < -0.3 is 4.74 Å². The summed E-state index contributed by atoms with van der Waals surface area (Å²) in [7, 11) is 0. The first-order valence-corrected chi connectivity index (χ1v) is 7.61. The molecular formula is C18H20F3N3O2. The summed E-state index contributed by atoms with van der Waals surface area (Å²) in [5, 5.41) is 6.12. The molecule has 0 bridgehead atoms. The lowest BCUT2D eigenvalue weighted by Crippen LogP contribution is -2.45. The monoisotopic (exact) mass is 367 g/mol. The van der Waals surface area contributed by atoms with E-state index in [0.717, 1.165) is 13.8 Å². The number of nitrogens with zero attached hydrogens (tertiary/aromatic N) is 1. The van der Waals surface area contributed by atoms with E-state index in [1.807, 2.05) is 0 Å². The number of ether oxygens (including phenoxy) is 1. The zero-order valence-corrected chi connectivity index (χ0v) is 14.3.